The van der Waals surface area contributed by atoms with Gasteiger partial charge in [-0.15, -0.1) is 11.3 Å². The van der Waals surface area contributed by atoms with Gasteiger partial charge in [0, 0.05) is 13.1 Å². The quantitative estimate of drug-likeness (QED) is 0.907. The van der Waals surface area contributed by atoms with Gasteiger partial charge in [0.25, 0.3) is 10.0 Å². The lowest BCUT2D eigenvalue weighted by Gasteiger charge is -2.25. The molecule has 2 rings (SSSR count). The lowest BCUT2D eigenvalue weighted by molar-refractivity contribution is 0.342. The molecule has 1 N–H and O–H groups in total. The Morgan fingerprint density at radius 3 is 2.83 bits per heavy atom. The Kier molecular flexibility index (Phi) is 4.82. The van der Waals surface area contributed by atoms with Crippen LogP contribution in [0, 0.1) is 0 Å². The SMILES string of the molecule is CN(C1CCCNCC1)S(=O)(=O)c1ccc(Br)s1. The van der Waals surface area contributed by atoms with Gasteiger partial charge in [-0.25, -0.2) is 8.42 Å². The number of hydrogen-bond acceptors (Lipinski definition) is 4. The molecule has 1 aromatic rings. The zero-order valence-electron chi connectivity index (χ0n) is 10.2. The predicted octanol–water partition coefficient (Wildman–Crippen LogP) is 2.27. The van der Waals surface area contributed by atoms with Crippen molar-refractivity contribution in [3.05, 3.63) is 15.9 Å². The maximum absolute atomic E-state index is 12.5. The molecule has 18 heavy (non-hydrogen) atoms. The van der Waals surface area contributed by atoms with Crippen molar-refractivity contribution in [1.29, 1.82) is 0 Å². The third-order valence-corrected chi connectivity index (χ3v) is 7.24. The van der Waals surface area contributed by atoms with Crippen LogP contribution in [0.4, 0.5) is 0 Å². The number of nitrogens with one attached hydrogen (secondary N) is 1. The van der Waals surface area contributed by atoms with Gasteiger partial charge in [0.1, 0.15) is 4.21 Å². The van der Waals surface area contributed by atoms with Gasteiger partial charge in [-0.3, -0.25) is 0 Å². The topological polar surface area (TPSA) is 49.4 Å². The highest BCUT2D eigenvalue weighted by molar-refractivity contribution is 9.11. The van der Waals surface area contributed by atoms with Crippen LogP contribution in [0.15, 0.2) is 20.1 Å². The first-order valence-electron chi connectivity index (χ1n) is 5.96. The number of halogens is 1. The first-order chi connectivity index (χ1) is 8.51. The van der Waals surface area contributed by atoms with Gasteiger partial charge in [-0.1, -0.05) is 0 Å². The van der Waals surface area contributed by atoms with E-state index in [4.69, 9.17) is 0 Å². The summed E-state index contributed by atoms with van der Waals surface area (Å²) in [5.41, 5.74) is 0. The highest BCUT2D eigenvalue weighted by Gasteiger charge is 2.29. The molecule has 0 amide bonds. The molecule has 1 aliphatic heterocycles. The molecule has 0 spiro atoms. The van der Waals surface area contributed by atoms with E-state index < -0.39 is 10.0 Å². The number of hydrogen-bond donors (Lipinski definition) is 1. The van der Waals surface area contributed by atoms with Crippen LogP contribution in [-0.2, 0) is 10.0 Å². The standard InChI is InChI=1S/C11H17BrN2O2S2/c1-14(9-3-2-7-13-8-6-9)18(15,16)11-5-4-10(12)17-11/h4-5,9,13H,2-3,6-8H2,1H3. The van der Waals surface area contributed by atoms with Gasteiger partial charge in [0.15, 0.2) is 0 Å². The fourth-order valence-electron chi connectivity index (χ4n) is 2.14. The van der Waals surface area contributed by atoms with Crippen molar-refractivity contribution in [2.75, 3.05) is 20.1 Å². The summed E-state index contributed by atoms with van der Waals surface area (Å²) in [7, 11) is -1.65. The van der Waals surface area contributed by atoms with E-state index in [1.807, 2.05) is 0 Å². The highest BCUT2D eigenvalue weighted by atomic mass is 79.9. The molecular weight excluding hydrogens is 336 g/mol. The Hall–Kier alpha value is 0.0500. The predicted molar refractivity (Wildman–Crippen MR) is 77.5 cm³/mol. The molecule has 1 aromatic heterocycles. The Morgan fingerprint density at radius 1 is 1.39 bits per heavy atom. The van der Waals surface area contributed by atoms with E-state index in [0.29, 0.717) is 4.21 Å². The van der Waals surface area contributed by atoms with Crippen LogP contribution in [0.5, 0.6) is 0 Å². The second-order valence-electron chi connectivity index (χ2n) is 4.41. The molecular formula is C11H17BrN2O2S2. The molecule has 1 aliphatic rings. The van der Waals surface area contributed by atoms with Gasteiger partial charge in [-0.2, -0.15) is 4.31 Å². The molecule has 0 saturated carbocycles. The van der Waals surface area contributed by atoms with Gasteiger partial charge < -0.3 is 5.32 Å². The van der Waals surface area contributed by atoms with E-state index in [9.17, 15) is 8.42 Å². The monoisotopic (exact) mass is 352 g/mol. The molecule has 102 valence electrons. The molecule has 0 bridgehead atoms. The molecule has 0 aliphatic carbocycles. The van der Waals surface area contributed by atoms with E-state index >= 15 is 0 Å². The fourth-order valence-corrected chi connectivity index (χ4v) is 5.75. The van der Waals surface area contributed by atoms with Crippen LogP contribution < -0.4 is 5.32 Å². The molecule has 1 fully saturated rings. The van der Waals surface area contributed by atoms with E-state index in [-0.39, 0.29) is 6.04 Å². The molecule has 1 saturated heterocycles. The molecule has 2 heterocycles. The van der Waals surface area contributed by atoms with Crippen molar-refractivity contribution in [2.24, 2.45) is 0 Å². The second kappa shape index (κ2) is 6.00. The molecule has 0 radical (unpaired) electrons. The van der Waals surface area contributed by atoms with Gasteiger partial charge in [0.05, 0.1) is 3.79 Å². The van der Waals surface area contributed by atoms with Crippen LogP contribution in [-0.4, -0.2) is 38.9 Å². The minimum atomic E-state index is -3.34. The van der Waals surface area contributed by atoms with Crippen LogP contribution in [0.1, 0.15) is 19.3 Å². The Balaban J connectivity index is 2.18. The summed E-state index contributed by atoms with van der Waals surface area (Å²) in [6.07, 6.45) is 2.83. The summed E-state index contributed by atoms with van der Waals surface area (Å²) < 4.78 is 27.7. The molecule has 4 nitrogen and oxygen atoms in total. The minimum Gasteiger partial charge on any atom is -0.317 e. The van der Waals surface area contributed by atoms with E-state index in [2.05, 4.69) is 21.2 Å². The average molecular weight is 353 g/mol. The third-order valence-electron chi connectivity index (χ3n) is 3.24. The summed E-state index contributed by atoms with van der Waals surface area (Å²) in [5.74, 6) is 0. The van der Waals surface area contributed by atoms with E-state index in [1.54, 1.807) is 19.2 Å². The Bertz CT molecular complexity index is 493. The largest absolute Gasteiger partial charge is 0.317 e. The normalized spacial score (nSPS) is 22.1. The first-order valence-corrected chi connectivity index (χ1v) is 9.01. The van der Waals surface area contributed by atoms with Gasteiger partial charge in [-0.05, 0) is 60.4 Å². The van der Waals surface area contributed by atoms with E-state index in [1.165, 1.54) is 15.6 Å². The summed E-state index contributed by atoms with van der Waals surface area (Å²) in [5, 5.41) is 3.30. The molecule has 1 unspecified atom stereocenters. The van der Waals surface area contributed by atoms with Crippen molar-refractivity contribution in [1.82, 2.24) is 9.62 Å². The summed E-state index contributed by atoms with van der Waals surface area (Å²) in [6.45, 7) is 1.87. The van der Waals surface area contributed by atoms with Gasteiger partial charge in [0.2, 0.25) is 0 Å². The zero-order valence-corrected chi connectivity index (χ0v) is 13.4. The van der Waals surface area contributed by atoms with Crippen LogP contribution in [0.2, 0.25) is 0 Å². The Morgan fingerprint density at radius 2 is 2.17 bits per heavy atom. The average Bonchev–Trinajstić information content (AvgIpc) is 2.63. The van der Waals surface area contributed by atoms with Crippen LogP contribution >= 0.6 is 27.3 Å². The fraction of sp³-hybridized carbons (Fsp3) is 0.636. The van der Waals surface area contributed by atoms with Crippen molar-refractivity contribution in [3.63, 3.8) is 0 Å². The van der Waals surface area contributed by atoms with Crippen LogP contribution in [0.25, 0.3) is 0 Å². The van der Waals surface area contributed by atoms with Crippen molar-refractivity contribution in [3.8, 4) is 0 Å². The summed E-state index contributed by atoms with van der Waals surface area (Å²) >= 11 is 4.57. The van der Waals surface area contributed by atoms with Crippen molar-refractivity contribution >= 4 is 37.3 Å². The lowest BCUT2D eigenvalue weighted by Crippen LogP contribution is -2.37. The zero-order chi connectivity index (χ0) is 13.2. The molecule has 7 heteroatoms. The Labute approximate surface area is 121 Å². The number of rotatable bonds is 3. The summed E-state index contributed by atoms with van der Waals surface area (Å²) in [4.78, 5) is 0. The smallest absolute Gasteiger partial charge is 0.252 e. The third kappa shape index (κ3) is 3.14. The second-order valence-corrected chi connectivity index (χ2v) is 9.10. The van der Waals surface area contributed by atoms with E-state index in [0.717, 1.165) is 36.1 Å². The van der Waals surface area contributed by atoms with Crippen molar-refractivity contribution in [2.45, 2.75) is 29.5 Å². The van der Waals surface area contributed by atoms with Crippen molar-refractivity contribution < 1.29 is 8.42 Å². The van der Waals surface area contributed by atoms with Gasteiger partial charge >= 0.3 is 0 Å². The maximum Gasteiger partial charge on any atom is 0.252 e. The van der Waals surface area contributed by atoms with Crippen LogP contribution in [0.3, 0.4) is 0 Å². The first kappa shape index (κ1) is 14.5. The molecule has 1 atom stereocenters. The molecule has 0 aromatic carbocycles. The number of sulfonamides is 1. The number of thiophene rings is 1. The minimum absolute atomic E-state index is 0.103. The highest BCUT2D eigenvalue weighted by Crippen LogP contribution is 2.29. The lowest BCUT2D eigenvalue weighted by atomic mass is 10.1. The summed E-state index contributed by atoms with van der Waals surface area (Å²) in [6, 6.07) is 3.54. The maximum atomic E-state index is 12.5. The number of nitrogens with zero attached hydrogens (tertiary/aromatic N) is 1.